The van der Waals surface area contributed by atoms with Gasteiger partial charge in [0.15, 0.2) is 5.75 Å². The fraction of sp³-hybridized carbons (Fsp3) is 0. The van der Waals surface area contributed by atoms with Gasteiger partial charge in [-0.05, 0) is 42.5 Å². The van der Waals surface area contributed by atoms with E-state index in [1.165, 1.54) is 30.3 Å². The van der Waals surface area contributed by atoms with Crippen LogP contribution in [0.15, 0.2) is 77.7 Å². The number of amides is 2. The number of phenolic OH excluding ortho intramolecular Hbond substituents is 1. The van der Waals surface area contributed by atoms with Gasteiger partial charge in [-0.15, -0.1) is 0 Å². The average molecular weight is 418 g/mol. The zero-order valence-corrected chi connectivity index (χ0v) is 16.0. The monoisotopic (exact) mass is 417 g/mol. The van der Waals surface area contributed by atoms with Crippen molar-refractivity contribution >= 4 is 44.7 Å². The molecule has 0 aliphatic rings. The number of hydrogen-bond donors (Lipinski definition) is 4. The second-order valence-electron chi connectivity index (χ2n) is 5.72. The van der Waals surface area contributed by atoms with Crippen LogP contribution in [0.4, 0.5) is 21.9 Å². The molecular weight excluding hydrogens is 402 g/mol. The van der Waals surface area contributed by atoms with Gasteiger partial charge in [0.05, 0.1) is 10.7 Å². The zero-order valence-electron chi connectivity index (χ0n) is 14.4. The number of phenols is 1. The summed E-state index contributed by atoms with van der Waals surface area (Å²) < 4.78 is 27.4. The first-order chi connectivity index (χ1) is 13.3. The highest BCUT2D eigenvalue weighted by Crippen LogP contribution is 2.31. The minimum absolute atomic E-state index is 0.0733. The van der Waals surface area contributed by atoms with Crippen LogP contribution in [0, 0.1) is 0 Å². The van der Waals surface area contributed by atoms with E-state index in [4.69, 9.17) is 11.6 Å². The lowest BCUT2D eigenvalue weighted by molar-refractivity contribution is 0.262. The lowest BCUT2D eigenvalue weighted by Gasteiger charge is -2.12. The minimum Gasteiger partial charge on any atom is -0.505 e. The normalized spacial score (nSPS) is 10.9. The number of para-hydroxylation sites is 2. The van der Waals surface area contributed by atoms with Crippen LogP contribution in [-0.2, 0) is 10.0 Å². The minimum atomic E-state index is -4.07. The molecule has 0 fully saturated rings. The Morgan fingerprint density at radius 1 is 0.821 bits per heavy atom. The van der Waals surface area contributed by atoms with E-state index < -0.39 is 21.8 Å². The molecule has 0 aliphatic carbocycles. The van der Waals surface area contributed by atoms with Crippen LogP contribution in [0.25, 0.3) is 0 Å². The molecule has 9 heteroatoms. The largest absolute Gasteiger partial charge is 0.505 e. The highest BCUT2D eigenvalue weighted by molar-refractivity contribution is 7.92. The Hall–Kier alpha value is -3.23. The van der Waals surface area contributed by atoms with Crippen molar-refractivity contribution in [1.82, 2.24) is 0 Å². The van der Waals surface area contributed by atoms with Crippen molar-refractivity contribution in [2.75, 3.05) is 15.4 Å². The molecule has 0 bridgehead atoms. The van der Waals surface area contributed by atoms with Gasteiger partial charge in [0.2, 0.25) is 0 Å². The summed E-state index contributed by atoms with van der Waals surface area (Å²) in [7, 11) is -4.07. The Morgan fingerprint density at radius 2 is 1.43 bits per heavy atom. The third-order valence-electron chi connectivity index (χ3n) is 3.64. The van der Waals surface area contributed by atoms with Crippen molar-refractivity contribution in [2.24, 2.45) is 0 Å². The first kappa shape index (κ1) is 19.5. The van der Waals surface area contributed by atoms with Gasteiger partial charge < -0.3 is 15.7 Å². The fourth-order valence-electron chi connectivity index (χ4n) is 2.40. The van der Waals surface area contributed by atoms with Crippen molar-refractivity contribution in [2.45, 2.75) is 4.90 Å². The SMILES string of the molecule is O=C(Nc1ccccc1)Nc1cccc(NS(=O)(=O)c2cccc(Cl)c2O)c1. The molecule has 0 unspecified atom stereocenters. The Labute approximate surface area is 167 Å². The molecule has 0 saturated heterocycles. The van der Waals surface area contributed by atoms with Gasteiger partial charge in [-0.25, -0.2) is 13.2 Å². The number of rotatable bonds is 5. The van der Waals surface area contributed by atoms with Crippen LogP contribution in [0.1, 0.15) is 0 Å². The molecular formula is C19H16ClN3O4S. The molecule has 0 saturated carbocycles. The summed E-state index contributed by atoms with van der Waals surface area (Å²) in [6.45, 7) is 0. The molecule has 3 aromatic rings. The third kappa shape index (κ3) is 4.73. The maximum Gasteiger partial charge on any atom is 0.323 e. The molecule has 4 N–H and O–H groups in total. The molecule has 28 heavy (non-hydrogen) atoms. The van der Waals surface area contributed by atoms with Gasteiger partial charge in [-0.1, -0.05) is 41.9 Å². The Bertz CT molecular complexity index is 1110. The molecule has 0 atom stereocenters. The van der Waals surface area contributed by atoms with Crippen LogP contribution in [-0.4, -0.2) is 19.6 Å². The number of nitrogens with one attached hydrogen (secondary N) is 3. The second kappa shape index (κ2) is 8.20. The van der Waals surface area contributed by atoms with E-state index in [9.17, 15) is 18.3 Å². The van der Waals surface area contributed by atoms with Crippen LogP contribution in [0.2, 0.25) is 5.02 Å². The average Bonchev–Trinajstić information content (AvgIpc) is 2.64. The smallest absolute Gasteiger partial charge is 0.323 e. The number of carbonyl (C=O) groups is 1. The quantitative estimate of drug-likeness (QED) is 0.490. The number of benzene rings is 3. The van der Waals surface area contributed by atoms with E-state index in [1.807, 2.05) is 6.07 Å². The molecule has 0 aromatic heterocycles. The van der Waals surface area contributed by atoms with E-state index >= 15 is 0 Å². The summed E-state index contributed by atoms with van der Waals surface area (Å²) in [5.74, 6) is -0.534. The zero-order chi connectivity index (χ0) is 20.1. The van der Waals surface area contributed by atoms with Crippen molar-refractivity contribution in [1.29, 1.82) is 0 Å². The highest BCUT2D eigenvalue weighted by Gasteiger charge is 2.20. The lowest BCUT2D eigenvalue weighted by Crippen LogP contribution is -2.19. The van der Waals surface area contributed by atoms with E-state index in [0.717, 1.165) is 0 Å². The molecule has 3 aromatic carbocycles. The van der Waals surface area contributed by atoms with Crippen LogP contribution in [0.3, 0.4) is 0 Å². The van der Waals surface area contributed by atoms with Crippen LogP contribution >= 0.6 is 11.6 Å². The molecule has 0 spiro atoms. The van der Waals surface area contributed by atoms with Crippen molar-refractivity contribution in [3.05, 3.63) is 77.8 Å². The molecule has 0 radical (unpaired) electrons. The van der Waals surface area contributed by atoms with E-state index in [0.29, 0.717) is 11.4 Å². The fourth-order valence-corrected chi connectivity index (χ4v) is 3.80. The molecule has 2 amide bonds. The number of halogens is 1. The topological polar surface area (TPSA) is 108 Å². The molecule has 0 heterocycles. The number of anilines is 3. The first-order valence-electron chi connectivity index (χ1n) is 8.08. The molecule has 144 valence electrons. The number of urea groups is 1. The molecule has 0 aliphatic heterocycles. The van der Waals surface area contributed by atoms with Gasteiger partial charge in [-0.2, -0.15) is 0 Å². The maximum absolute atomic E-state index is 12.5. The highest BCUT2D eigenvalue weighted by atomic mass is 35.5. The standard InChI is InChI=1S/C19H16ClN3O4S/c20-16-10-5-11-17(18(16)24)28(26,27)23-15-9-4-8-14(12-15)22-19(25)21-13-6-2-1-3-7-13/h1-12,23-24H,(H2,21,22,25). The number of hydrogen-bond acceptors (Lipinski definition) is 4. The summed E-state index contributed by atoms with van der Waals surface area (Å²) in [6, 6.07) is 18.6. The van der Waals surface area contributed by atoms with Crippen LogP contribution in [0.5, 0.6) is 5.75 Å². The molecule has 7 nitrogen and oxygen atoms in total. The summed E-state index contributed by atoms with van der Waals surface area (Å²) in [5, 5.41) is 15.1. The molecule has 3 rings (SSSR count). The predicted octanol–water partition coefficient (Wildman–Crippen LogP) is 4.49. The van der Waals surface area contributed by atoms with Crippen LogP contribution < -0.4 is 15.4 Å². The van der Waals surface area contributed by atoms with Crippen molar-refractivity contribution in [3.8, 4) is 5.75 Å². The summed E-state index contributed by atoms with van der Waals surface area (Å²) in [6.07, 6.45) is 0. The van der Waals surface area contributed by atoms with Gasteiger partial charge >= 0.3 is 6.03 Å². The number of sulfonamides is 1. The van der Waals surface area contributed by atoms with Gasteiger partial charge in [-0.3, -0.25) is 4.72 Å². The number of carbonyl (C=O) groups excluding carboxylic acids is 1. The maximum atomic E-state index is 12.5. The first-order valence-corrected chi connectivity index (χ1v) is 9.95. The second-order valence-corrected chi connectivity index (χ2v) is 7.78. The predicted molar refractivity (Wildman–Crippen MR) is 109 cm³/mol. The van der Waals surface area contributed by atoms with Crippen molar-refractivity contribution in [3.63, 3.8) is 0 Å². The third-order valence-corrected chi connectivity index (χ3v) is 5.36. The Morgan fingerprint density at radius 3 is 2.18 bits per heavy atom. The van der Waals surface area contributed by atoms with E-state index in [1.54, 1.807) is 36.4 Å². The summed E-state index contributed by atoms with van der Waals surface area (Å²) in [4.78, 5) is 11.7. The van der Waals surface area contributed by atoms with Gasteiger partial charge in [0.1, 0.15) is 4.90 Å². The van der Waals surface area contributed by atoms with E-state index in [2.05, 4.69) is 15.4 Å². The Balaban J connectivity index is 1.74. The Kier molecular flexibility index (Phi) is 5.72. The van der Waals surface area contributed by atoms with Crippen molar-refractivity contribution < 1.29 is 18.3 Å². The lowest BCUT2D eigenvalue weighted by atomic mass is 10.3. The summed E-state index contributed by atoms with van der Waals surface area (Å²) >= 11 is 5.78. The van der Waals surface area contributed by atoms with E-state index in [-0.39, 0.29) is 15.6 Å². The number of aromatic hydroxyl groups is 1. The van der Waals surface area contributed by atoms with Gasteiger partial charge in [0, 0.05) is 11.4 Å². The van der Waals surface area contributed by atoms with Gasteiger partial charge in [0.25, 0.3) is 10.0 Å². The summed E-state index contributed by atoms with van der Waals surface area (Å²) in [5.41, 5.74) is 1.20.